The van der Waals surface area contributed by atoms with E-state index in [-0.39, 0.29) is 23.9 Å². The monoisotopic (exact) mass is 424 g/mol. The van der Waals surface area contributed by atoms with Crippen LogP contribution < -0.4 is 15.8 Å². The van der Waals surface area contributed by atoms with Crippen molar-refractivity contribution >= 4 is 27.6 Å². The molecule has 2 aliphatic rings. The summed E-state index contributed by atoms with van der Waals surface area (Å²) >= 11 is 1.32. The molecule has 0 aliphatic carbocycles. The number of amides is 2. The Morgan fingerprint density at radius 1 is 1.20 bits per heavy atom. The van der Waals surface area contributed by atoms with E-state index in [9.17, 15) is 9.18 Å². The maximum Gasteiger partial charge on any atom is 0.315 e. The molecule has 3 atom stereocenters. The van der Waals surface area contributed by atoms with E-state index >= 15 is 0 Å². The number of nitrogens with one attached hydrogen (secondary N) is 1. The van der Waals surface area contributed by atoms with Crippen LogP contribution in [-0.2, 0) is 6.54 Å². The fourth-order valence-corrected chi connectivity index (χ4v) is 5.07. The van der Waals surface area contributed by atoms with Gasteiger partial charge in [0.25, 0.3) is 5.19 Å². The third-order valence-corrected chi connectivity index (χ3v) is 6.55. The van der Waals surface area contributed by atoms with E-state index in [1.807, 2.05) is 30.3 Å². The number of fused-ring (bicyclic) bond motifs is 3. The number of hydrogen-bond acceptors (Lipinski definition) is 5. The molecule has 6 nitrogen and oxygen atoms in total. The summed E-state index contributed by atoms with van der Waals surface area (Å²) in [4.78, 5) is 17.6. The van der Waals surface area contributed by atoms with E-state index in [4.69, 9.17) is 10.5 Å². The maximum absolute atomic E-state index is 13.8. The number of thiazole rings is 1. The zero-order chi connectivity index (χ0) is 20.7. The van der Waals surface area contributed by atoms with Crippen LogP contribution in [0, 0.1) is 5.82 Å². The van der Waals surface area contributed by atoms with Crippen molar-refractivity contribution in [1.29, 1.82) is 0 Å². The first-order valence-electron chi connectivity index (χ1n) is 9.88. The molecule has 8 heteroatoms. The summed E-state index contributed by atoms with van der Waals surface area (Å²) in [5.41, 5.74) is 6.96. The number of carbonyl (C=O) groups excluding carboxylic acids is 1. The van der Waals surface area contributed by atoms with Crippen molar-refractivity contribution in [1.82, 2.24) is 15.2 Å². The lowest BCUT2D eigenvalue weighted by atomic mass is 9.96. The van der Waals surface area contributed by atoms with Gasteiger partial charge >= 0.3 is 6.03 Å². The van der Waals surface area contributed by atoms with Gasteiger partial charge in [0.15, 0.2) is 0 Å². The number of piperidine rings is 1. The fourth-order valence-electron chi connectivity index (χ4n) is 4.22. The summed E-state index contributed by atoms with van der Waals surface area (Å²) in [6.07, 6.45) is 5.89. The van der Waals surface area contributed by atoms with Gasteiger partial charge < -0.3 is 20.7 Å². The highest BCUT2D eigenvalue weighted by molar-refractivity contribution is 7.20. The zero-order valence-corrected chi connectivity index (χ0v) is 16.9. The molecule has 30 heavy (non-hydrogen) atoms. The Morgan fingerprint density at radius 3 is 2.60 bits per heavy atom. The number of ether oxygens (including phenoxy) is 1. The second-order valence-corrected chi connectivity index (χ2v) is 8.62. The van der Waals surface area contributed by atoms with E-state index < -0.39 is 0 Å². The van der Waals surface area contributed by atoms with Gasteiger partial charge in [-0.2, -0.15) is 4.98 Å². The highest BCUT2D eigenvalue weighted by Crippen LogP contribution is 2.33. The number of hydrogen-bond donors (Lipinski definition) is 2. The number of para-hydroxylation sites is 1. The molecule has 2 aliphatic heterocycles. The Hall–Kier alpha value is -2.97. The van der Waals surface area contributed by atoms with Crippen molar-refractivity contribution < 1.29 is 13.9 Å². The molecule has 2 bridgehead atoms. The number of carbonyl (C=O) groups is 1. The van der Waals surface area contributed by atoms with Crippen LogP contribution in [0.25, 0.3) is 10.2 Å². The normalized spacial score (nSPS) is 22.6. The topological polar surface area (TPSA) is 80.5 Å². The van der Waals surface area contributed by atoms with Gasteiger partial charge in [-0.3, -0.25) is 0 Å². The summed E-state index contributed by atoms with van der Waals surface area (Å²) in [5, 5.41) is 4.00. The van der Waals surface area contributed by atoms with Crippen molar-refractivity contribution in [3.05, 3.63) is 66.0 Å². The van der Waals surface area contributed by atoms with Crippen LogP contribution in [0.5, 0.6) is 10.9 Å². The quantitative estimate of drug-likeness (QED) is 0.603. The van der Waals surface area contributed by atoms with Gasteiger partial charge in [0, 0.05) is 12.6 Å². The summed E-state index contributed by atoms with van der Waals surface area (Å²) in [6.45, 7) is 0.729. The van der Waals surface area contributed by atoms with Gasteiger partial charge in [0.1, 0.15) is 17.1 Å². The molecule has 3 aromatic rings. The van der Waals surface area contributed by atoms with Gasteiger partial charge in [-0.15, -0.1) is 0 Å². The lowest BCUT2D eigenvalue weighted by molar-refractivity contribution is 0.147. The zero-order valence-electron chi connectivity index (χ0n) is 16.1. The molecule has 3 N–H and O–H groups in total. The van der Waals surface area contributed by atoms with Crippen LogP contribution in [0.15, 0.2) is 54.6 Å². The molecule has 0 saturated carbocycles. The standard InChI is InChI=1S/C22H21FN4O2S/c23-18-2-1-3-19-20(18)26-22(30-19)29-17-8-4-13(5-9-17)12-25-14-10-15-6-7-16(11-14)27(15)21(24)28/h1-9,14-16,25H,10-12H2,(H2,24,28)/t14?,15-,16?/m1/s1. The van der Waals surface area contributed by atoms with E-state index in [1.165, 1.54) is 17.4 Å². The molecule has 2 aromatic carbocycles. The number of aromatic nitrogens is 1. The smallest absolute Gasteiger partial charge is 0.315 e. The second kappa shape index (κ2) is 7.70. The molecule has 1 aromatic heterocycles. The van der Waals surface area contributed by atoms with Crippen LogP contribution >= 0.6 is 11.3 Å². The number of halogens is 1. The summed E-state index contributed by atoms with van der Waals surface area (Å²) in [6, 6.07) is 12.8. The lowest BCUT2D eigenvalue weighted by Gasteiger charge is -2.38. The minimum Gasteiger partial charge on any atom is -0.431 e. The van der Waals surface area contributed by atoms with Crippen molar-refractivity contribution in [3.8, 4) is 10.9 Å². The van der Waals surface area contributed by atoms with Crippen LogP contribution in [-0.4, -0.2) is 34.0 Å². The molecule has 1 saturated heterocycles. The number of primary amides is 1. The minimum atomic E-state index is -0.347. The number of benzene rings is 2. The van der Waals surface area contributed by atoms with E-state index in [0.29, 0.717) is 22.5 Å². The Labute approximate surface area is 177 Å². The molecule has 5 rings (SSSR count). The molecule has 2 unspecified atom stereocenters. The molecule has 0 radical (unpaired) electrons. The second-order valence-electron chi connectivity index (χ2n) is 7.63. The highest BCUT2D eigenvalue weighted by atomic mass is 32.1. The lowest BCUT2D eigenvalue weighted by Crippen LogP contribution is -2.53. The van der Waals surface area contributed by atoms with E-state index in [2.05, 4.69) is 22.5 Å². The van der Waals surface area contributed by atoms with Crippen LogP contribution in [0.3, 0.4) is 0 Å². The number of rotatable bonds is 5. The van der Waals surface area contributed by atoms with Crippen molar-refractivity contribution in [2.75, 3.05) is 0 Å². The summed E-state index contributed by atoms with van der Waals surface area (Å²) in [7, 11) is 0. The van der Waals surface area contributed by atoms with Crippen LogP contribution in [0.4, 0.5) is 9.18 Å². The predicted octanol–water partition coefficient (Wildman–Crippen LogP) is 4.17. The fraction of sp³-hybridized carbons (Fsp3) is 0.273. The van der Waals surface area contributed by atoms with Gasteiger partial charge in [-0.25, -0.2) is 9.18 Å². The number of urea groups is 1. The largest absolute Gasteiger partial charge is 0.431 e. The molecule has 2 amide bonds. The molecule has 154 valence electrons. The van der Waals surface area contributed by atoms with Crippen molar-refractivity contribution in [3.63, 3.8) is 0 Å². The Morgan fingerprint density at radius 2 is 1.93 bits per heavy atom. The Kier molecular flexibility index (Phi) is 4.88. The summed E-state index contributed by atoms with van der Waals surface area (Å²) in [5.74, 6) is 0.320. The predicted molar refractivity (Wildman–Crippen MR) is 114 cm³/mol. The average molecular weight is 425 g/mol. The highest BCUT2D eigenvalue weighted by Gasteiger charge is 2.38. The van der Waals surface area contributed by atoms with E-state index in [1.54, 1.807) is 11.0 Å². The average Bonchev–Trinajstić information content (AvgIpc) is 3.26. The van der Waals surface area contributed by atoms with Crippen molar-refractivity contribution in [2.24, 2.45) is 5.73 Å². The van der Waals surface area contributed by atoms with Crippen LogP contribution in [0.1, 0.15) is 18.4 Å². The third-order valence-electron chi connectivity index (χ3n) is 5.65. The molecule has 3 heterocycles. The third kappa shape index (κ3) is 3.64. The van der Waals surface area contributed by atoms with Gasteiger partial charge in [-0.1, -0.05) is 41.7 Å². The maximum atomic E-state index is 13.8. The first kappa shape index (κ1) is 19.0. The molecule has 0 spiro atoms. The summed E-state index contributed by atoms with van der Waals surface area (Å²) < 4.78 is 20.4. The number of nitrogens with two attached hydrogens (primary N) is 1. The number of nitrogens with zero attached hydrogens (tertiary/aromatic N) is 2. The minimum absolute atomic E-state index is 0.0909. The van der Waals surface area contributed by atoms with Gasteiger partial charge in [0.2, 0.25) is 0 Å². The molecular formula is C22H21FN4O2S. The SMILES string of the molecule is NC(=O)N1C2C=C[C@@H]1CC(NCc1ccc(Oc3nc4c(F)cccc4s3)cc1)C2. The van der Waals surface area contributed by atoms with Gasteiger partial charge in [-0.05, 0) is 42.7 Å². The first-order chi connectivity index (χ1) is 14.6. The Bertz CT molecular complexity index is 1100. The molecular weight excluding hydrogens is 403 g/mol. The first-order valence-corrected chi connectivity index (χ1v) is 10.7. The Balaban J connectivity index is 1.18. The molecule has 1 fully saturated rings. The van der Waals surface area contributed by atoms with Crippen LogP contribution in [0.2, 0.25) is 0 Å². The van der Waals surface area contributed by atoms with E-state index in [0.717, 1.165) is 29.6 Å². The van der Waals surface area contributed by atoms with Gasteiger partial charge in [0.05, 0.1) is 16.8 Å². The van der Waals surface area contributed by atoms with Crippen molar-refractivity contribution in [2.45, 2.75) is 37.5 Å².